The number of halogens is 1. The first-order chi connectivity index (χ1) is 7.71. The van der Waals surface area contributed by atoms with Crippen molar-refractivity contribution in [2.45, 2.75) is 33.7 Å². The monoisotopic (exact) mass is 255 g/mol. The molecule has 1 amide bonds. The van der Waals surface area contributed by atoms with Crippen molar-refractivity contribution >= 4 is 17.5 Å². The van der Waals surface area contributed by atoms with E-state index in [0.29, 0.717) is 10.6 Å². The van der Waals surface area contributed by atoms with Crippen molar-refractivity contribution in [1.82, 2.24) is 5.32 Å². The smallest absolute Gasteiger partial charge is 0.253 e. The van der Waals surface area contributed by atoms with E-state index in [2.05, 4.69) is 5.32 Å². The predicted octanol–water partition coefficient (Wildman–Crippen LogP) is 3.21. The first kappa shape index (κ1) is 13.8. The van der Waals surface area contributed by atoms with Crippen LogP contribution in [-0.4, -0.2) is 17.1 Å². The molecule has 3 nitrogen and oxygen atoms in total. The van der Waals surface area contributed by atoms with Gasteiger partial charge in [-0.2, -0.15) is 0 Å². The molecule has 0 fully saturated rings. The molecule has 4 heteroatoms. The van der Waals surface area contributed by atoms with E-state index < -0.39 is 0 Å². The van der Waals surface area contributed by atoms with Gasteiger partial charge in [0.05, 0.1) is 10.6 Å². The number of phenols is 1. The van der Waals surface area contributed by atoms with Gasteiger partial charge < -0.3 is 10.4 Å². The maximum atomic E-state index is 12.0. The Bertz CT molecular complexity index is 424. The summed E-state index contributed by atoms with van der Waals surface area (Å²) in [6.07, 6.45) is 0. The molecule has 0 radical (unpaired) electrons. The van der Waals surface area contributed by atoms with Gasteiger partial charge in [-0.25, -0.2) is 0 Å². The number of aromatic hydroxyl groups is 1. The van der Waals surface area contributed by atoms with Gasteiger partial charge in [-0.1, -0.05) is 32.4 Å². The Morgan fingerprint density at radius 2 is 2.00 bits per heavy atom. The lowest BCUT2D eigenvalue weighted by molar-refractivity contribution is 0.0910. The highest BCUT2D eigenvalue weighted by Crippen LogP contribution is 2.23. The Kier molecular flexibility index (Phi) is 4.04. The lowest BCUT2D eigenvalue weighted by Crippen LogP contribution is -2.41. The zero-order valence-electron chi connectivity index (χ0n) is 10.5. The van der Waals surface area contributed by atoms with Crippen LogP contribution in [-0.2, 0) is 0 Å². The van der Waals surface area contributed by atoms with Gasteiger partial charge in [0.1, 0.15) is 5.75 Å². The van der Waals surface area contributed by atoms with Crippen LogP contribution in [0.4, 0.5) is 0 Å². The molecule has 0 saturated heterocycles. The molecule has 1 aromatic carbocycles. The number of carbonyl (C=O) groups is 1. The summed E-state index contributed by atoms with van der Waals surface area (Å²) in [6.45, 7) is 8.07. The zero-order valence-corrected chi connectivity index (χ0v) is 11.3. The van der Waals surface area contributed by atoms with Gasteiger partial charge in [0.15, 0.2) is 0 Å². The minimum Gasteiger partial charge on any atom is -0.508 e. The molecule has 94 valence electrons. The molecular formula is C13H18ClNO2. The Balaban J connectivity index is 2.87. The summed E-state index contributed by atoms with van der Waals surface area (Å²) in [5.41, 5.74) is 0.265. The van der Waals surface area contributed by atoms with Gasteiger partial charge >= 0.3 is 0 Å². The van der Waals surface area contributed by atoms with Crippen molar-refractivity contribution in [3.05, 3.63) is 28.8 Å². The van der Waals surface area contributed by atoms with Crippen LogP contribution >= 0.6 is 11.6 Å². The van der Waals surface area contributed by atoms with Crippen molar-refractivity contribution < 1.29 is 9.90 Å². The van der Waals surface area contributed by atoms with E-state index in [-0.39, 0.29) is 23.1 Å². The van der Waals surface area contributed by atoms with E-state index >= 15 is 0 Å². The molecule has 17 heavy (non-hydrogen) atoms. The van der Waals surface area contributed by atoms with Crippen molar-refractivity contribution in [3.63, 3.8) is 0 Å². The number of rotatable bonds is 2. The van der Waals surface area contributed by atoms with E-state index in [1.165, 1.54) is 18.2 Å². The average molecular weight is 256 g/mol. The quantitative estimate of drug-likeness (QED) is 0.853. The van der Waals surface area contributed by atoms with Crippen LogP contribution in [0.1, 0.15) is 38.1 Å². The van der Waals surface area contributed by atoms with Crippen LogP contribution in [0.5, 0.6) is 5.75 Å². The molecule has 2 N–H and O–H groups in total. The van der Waals surface area contributed by atoms with Crippen molar-refractivity contribution in [2.24, 2.45) is 5.41 Å². The number of hydrogen-bond donors (Lipinski definition) is 2. The number of benzene rings is 1. The number of amides is 1. The van der Waals surface area contributed by atoms with Gasteiger partial charge in [-0.15, -0.1) is 0 Å². The molecular weight excluding hydrogens is 238 g/mol. The number of carbonyl (C=O) groups excluding carboxylic acids is 1. The van der Waals surface area contributed by atoms with E-state index in [0.717, 1.165) is 0 Å². The summed E-state index contributed by atoms with van der Waals surface area (Å²) in [6, 6.07) is 4.33. The fourth-order valence-corrected chi connectivity index (χ4v) is 1.38. The molecule has 1 rings (SSSR count). The van der Waals surface area contributed by atoms with E-state index in [4.69, 9.17) is 11.6 Å². The lowest BCUT2D eigenvalue weighted by atomic mass is 9.88. The minimum atomic E-state index is -0.270. The van der Waals surface area contributed by atoms with Gasteiger partial charge in [0.25, 0.3) is 5.91 Å². The Morgan fingerprint density at radius 3 is 2.53 bits per heavy atom. The fourth-order valence-electron chi connectivity index (χ4n) is 1.18. The van der Waals surface area contributed by atoms with Crippen LogP contribution in [0.15, 0.2) is 18.2 Å². The summed E-state index contributed by atoms with van der Waals surface area (Å²) < 4.78 is 0. The third kappa shape index (κ3) is 3.63. The van der Waals surface area contributed by atoms with E-state index in [9.17, 15) is 9.90 Å². The molecule has 1 aromatic rings. The number of nitrogens with one attached hydrogen (secondary N) is 1. The van der Waals surface area contributed by atoms with Gasteiger partial charge in [0, 0.05) is 6.04 Å². The molecule has 1 unspecified atom stereocenters. The van der Waals surface area contributed by atoms with Crippen molar-refractivity contribution in [2.75, 3.05) is 0 Å². The van der Waals surface area contributed by atoms with Gasteiger partial charge in [-0.05, 0) is 30.5 Å². The van der Waals surface area contributed by atoms with Crippen molar-refractivity contribution in [1.29, 1.82) is 0 Å². The van der Waals surface area contributed by atoms with Gasteiger partial charge in [0.2, 0.25) is 0 Å². The SMILES string of the molecule is CC(NC(=O)c1cc(O)ccc1Cl)C(C)(C)C. The second-order valence-electron chi connectivity index (χ2n) is 5.23. The highest BCUT2D eigenvalue weighted by Gasteiger charge is 2.23. The summed E-state index contributed by atoms with van der Waals surface area (Å²) in [4.78, 5) is 12.0. The third-order valence-corrected chi connectivity index (χ3v) is 3.17. The Labute approximate surface area is 107 Å². The molecule has 0 bridgehead atoms. The molecule has 1 atom stereocenters. The normalized spacial score (nSPS) is 13.2. The van der Waals surface area contributed by atoms with E-state index in [1.807, 2.05) is 27.7 Å². The molecule has 0 saturated carbocycles. The van der Waals surface area contributed by atoms with E-state index in [1.54, 1.807) is 0 Å². The summed E-state index contributed by atoms with van der Waals surface area (Å²) >= 11 is 5.92. The average Bonchev–Trinajstić information content (AvgIpc) is 2.20. The summed E-state index contributed by atoms with van der Waals surface area (Å²) in [5.74, 6) is -0.240. The summed E-state index contributed by atoms with van der Waals surface area (Å²) in [7, 11) is 0. The second kappa shape index (κ2) is 4.96. The van der Waals surface area contributed by atoms with Crippen LogP contribution in [0, 0.1) is 5.41 Å². The van der Waals surface area contributed by atoms with Crippen LogP contribution in [0.2, 0.25) is 5.02 Å². The molecule has 0 aromatic heterocycles. The van der Waals surface area contributed by atoms with Gasteiger partial charge in [-0.3, -0.25) is 4.79 Å². The van der Waals surface area contributed by atoms with Crippen LogP contribution < -0.4 is 5.32 Å². The first-order valence-corrected chi connectivity index (χ1v) is 5.89. The van der Waals surface area contributed by atoms with Crippen molar-refractivity contribution in [3.8, 4) is 5.75 Å². The molecule has 0 aliphatic rings. The molecule has 0 heterocycles. The largest absolute Gasteiger partial charge is 0.508 e. The maximum Gasteiger partial charge on any atom is 0.253 e. The topological polar surface area (TPSA) is 49.3 Å². The lowest BCUT2D eigenvalue weighted by Gasteiger charge is -2.28. The van der Waals surface area contributed by atoms with Crippen LogP contribution in [0.25, 0.3) is 0 Å². The summed E-state index contributed by atoms with van der Waals surface area (Å²) in [5, 5.41) is 12.5. The standard InChI is InChI=1S/C13H18ClNO2/c1-8(13(2,3)4)15-12(17)10-7-9(16)5-6-11(10)14/h5-8,16H,1-4H3,(H,15,17). The molecule has 0 spiro atoms. The van der Waals surface area contributed by atoms with Crippen LogP contribution in [0.3, 0.4) is 0 Å². The Hall–Kier alpha value is -1.22. The number of phenolic OH excluding ortho intramolecular Hbond substituents is 1. The highest BCUT2D eigenvalue weighted by atomic mass is 35.5. The maximum absolute atomic E-state index is 12.0. The predicted molar refractivity (Wildman–Crippen MR) is 69.5 cm³/mol. The molecule has 0 aliphatic heterocycles. The fraction of sp³-hybridized carbons (Fsp3) is 0.462. The minimum absolute atomic E-state index is 0.00779. The number of hydrogen-bond acceptors (Lipinski definition) is 2. The first-order valence-electron chi connectivity index (χ1n) is 5.51. The zero-order chi connectivity index (χ0) is 13.2. The third-order valence-electron chi connectivity index (χ3n) is 2.84. The Morgan fingerprint density at radius 1 is 1.41 bits per heavy atom. The molecule has 0 aliphatic carbocycles. The second-order valence-corrected chi connectivity index (χ2v) is 5.63. The highest BCUT2D eigenvalue weighted by molar-refractivity contribution is 6.33.